The van der Waals surface area contributed by atoms with E-state index in [0.717, 1.165) is 44.1 Å². The number of aliphatic hydroxyl groups excluding tert-OH is 7. The molecule has 4 fully saturated rings. The smallest absolute Gasteiger partial charge is 0.490 e. The van der Waals surface area contributed by atoms with Gasteiger partial charge in [0.05, 0.1) is 6.61 Å². The highest BCUT2D eigenvalue weighted by atomic mass is 19.4. The van der Waals surface area contributed by atoms with E-state index in [2.05, 4.69) is 25.6 Å². The monoisotopic (exact) mass is 1090 g/mol. The molecule has 3 aromatic rings. The average molecular weight is 1090 g/mol. The van der Waals surface area contributed by atoms with Gasteiger partial charge in [-0.05, 0) is 42.0 Å². The molecule has 4 aliphatic rings. The number of carbonyl (C=O) groups excluding carboxylic acids is 4. The summed E-state index contributed by atoms with van der Waals surface area (Å²) in [6, 6.07) is 6.64. The normalized spacial score (nSPS) is 30.4. The molecule has 28 nitrogen and oxygen atoms in total. The number of likely N-dealkylation sites (N-methyl/N-ethyl adjacent to an activating group) is 1. The predicted molar refractivity (Wildman–Crippen MR) is 246 cm³/mol. The lowest BCUT2D eigenvalue weighted by Gasteiger charge is -2.47. The molecule has 5 heterocycles. The highest BCUT2D eigenvalue weighted by Gasteiger charge is 2.54. The van der Waals surface area contributed by atoms with E-state index >= 15 is 0 Å². The molecule has 0 saturated carbocycles. The zero-order valence-electron chi connectivity index (χ0n) is 40.2. The Morgan fingerprint density at radius 2 is 1.43 bits per heavy atom. The molecule has 4 saturated heterocycles. The van der Waals surface area contributed by atoms with Crippen LogP contribution in [0, 0.1) is 0 Å². The molecule has 13 N–H and O–H groups in total. The fraction of sp³-hybridized carbons (Fsp3) is 0.556. The molecule has 0 spiro atoms. The number of piperidine rings is 1. The van der Waals surface area contributed by atoms with Crippen LogP contribution >= 0.6 is 0 Å². The number of hydrogen-bond acceptors (Lipinski definition) is 21. The summed E-state index contributed by atoms with van der Waals surface area (Å²) in [5.41, 5.74) is 5.16. The SMILES string of the molecule is CC(=O)N[C@@H]1[C@@H](O[C@H]2O[C@H](OC(=O)N(C)C(C(N)=O)[C@H]3O[C@@H](n4ccc(=O)[nH]c4=O)C(O)[C@H]3O)C(O)[C@H](O)[C@H]2NC(=O)NCc2ccc(N3CCC(Oc4ccc(OC(F)(F)F)cc4)CC3)cc2)O[C@@H](CO)[C@@H](O)[C@H]1O. The third kappa shape index (κ3) is 13.5. The largest absolute Gasteiger partial charge is 0.573 e. The van der Waals surface area contributed by atoms with Gasteiger partial charge >= 0.3 is 24.2 Å². The van der Waals surface area contributed by atoms with Crippen molar-refractivity contribution in [2.45, 2.75) is 131 Å². The van der Waals surface area contributed by atoms with Gasteiger partial charge in [0.15, 0.2) is 18.8 Å². The summed E-state index contributed by atoms with van der Waals surface area (Å²) in [6.45, 7) is 1.21. The van der Waals surface area contributed by atoms with Gasteiger partial charge in [0, 0.05) is 64.4 Å². The molecular formula is C45H57F3N8O20. The first-order chi connectivity index (χ1) is 35.9. The fourth-order valence-electron chi connectivity index (χ4n) is 8.94. The Labute approximate surface area is 427 Å². The number of halogens is 3. The van der Waals surface area contributed by atoms with Crippen molar-refractivity contribution in [1.82, 2.24) is 30.4 Å². The molecule has 0 aliphatic carbocycles. The number of H-pyrrole nitrogens is 1. The van der Waals surface area contributed by atoms with Crippen molar-refractivity contribution in [3.05, 3.63) is 87.2 Å². The Morgan fingerprint density at radius 1 is 0.816 bits per heavy atom. The first kappa shape index (κ1) is 57.1. The van der Waals surface area contributed by atoms with E-state index in [1.165, 1.54) is 12.1 Å². The van der Waals surface area contributed by atoms with Crippen molar-refractivity contribution < 1.29 is 101 Å². The van der Waals surface area contributed by atoms with E-state index in [1.54, 1.807) is 24.3 Å². The first-order valence-corrected chi connectivity index (χ1v) is 23.5. The lowest BCUT2D eigenvalue weighted by molar-refractivity contribution is -0.366. The number of ether oxygens (including phenoxy) is 7. The highest BCUT2D eigenvalue weighted by molar-refractivity contribution is 5.85. The lowest BCUT2D eigenvalue weighted by Crippen LogP contribution is -2.69. The molecule has 0 radical (unpaired) electrons. The number of alkyl halides is 3. The van der Waals surface area contributed by atoms with Gasteiger partial charge in [0.1, 0.15) is 84.6 Å². The van der Waals surface area contributed by atoms with Gasteiger partial charge in [-0.2, -0.15) is 0 Å². The minimum atomic E-state index is -4.82. The maximum absolute atomic E-state index is 13.7. The lowest BCUT2D eigenvalue weighted by atomic mass is 9.96. The number of aromatic amines is 1. The first-order valence-electron chi connectivity index (χ1n) is 23.5. The van der Waals surface area contributed by atoms with Crippen LogP contribution < -0.4 is 47.3 Å². The number of primary amides is 1. The Morgan fingerprint density at radius 3 is 2.04 bits per heavy atom. The van der Waals surface area contributed by atoms with Crippen LogP contribution in [0.5, 0.6) is 11.5 Å². The van der Waals surface area contributed by atoms with Crippen LogP contribution in [0.25, 0.3) is 0 Å². The minimum Gasteiger partial charge on any atom is -0.490 e. The third-order valence-electron chi connectivity index (χ3n) is 12.9. The van der Waals surface area contributed by atoms with Gasteiger partial charge in [-0.1, -0.05) is 12.1 Å². The van der Waals surface area contributed by atoms with Crippen LogP contribution in [0.2, 0.25) is 0 Å². The van der Waals surface area contributed by atoms with Gasteiger partial charge in [-0.3, -0.25) is 28.8 Å². The van der Waals surface area contributed by atoms with Crippen molar-refractivity contribution in [1.29, 1.82) is 0 Å². The fourth-order valence-corrected chi connectivity index (χ4v) is 8.94. The van der Waals surface area contributed by atoms with Gasteiger partial charge in [0.25, 0.3) is 5.56 Å². The number of nitrogens with two attached hydrogens (primary N) is 1. The van der Waals surface area contributed by atoms with Crippen molar-refractivity contribution >= 4 is 29.6 Å². The molecule has 7 rings (SSSR count). The number of aromatic nitrogens is 2. The molecule has 15 atom stereocenters. The number of hydrogen-bond donors (Lipinski definition) is 12. The van der Waals surface area contributed by atoms with Crippen LogP contribution in [0.4, 0.5) is 28.4 Å². The van der Waals surface area contributed by atoms with Crippen LogP contribution in [0.15, 0.2) is 70.4 Å². The molecular weight excluding hydrogens is 1030 g/mol. The van der Waals surface area contributed by atoms with E-state index in [-0.39, 0.29) is 18.4 Å². The number of benzene rings is 2. The summed E-state index contributed by atoms with van der Waals surface area (Å²) in [5, 5.41) is 83.4. The molecule has 2 aromatic carbocycles. The predicted octanol–water partition coefficient (Wildman–Crippen LogP) is -3.74. The summed E-state index contributed by atoms with van der Waals surface area (Å²) in [7, 11) is 0.923. The molecule has 31 heteroatoms. The van der Waals surface area contributed by atoms with Crippen molar-refractivity contribution in [2.75, 3.05) is 31.6 Å². The number of anilines is 1. The minimum absolute atomic E-state index is 0.114. The topological polar surface area (TPSA) is 398 Å². The zero-order valence-corrected chi connectivity index (χ0v) is 40.2. The summed E-state index contributed by atoms with van der Waals surface area (Å²) in [5.74, 6) is -2.09. The van der Waals surface area contributed by atoms with E-state index in [4.69, 9.17) is 34.2 Å². The number of urea groups is 1. The van der Waals surface area contributed by atoms with Crippen LogP contribution in [-0.4, -0.2) is 199 Å². The number of rotatable bonds is 16. The van der Waals surface area contributed by atoms with E-state index in [0.29, 0.717) is 46.7 Å². The molecule has 3 unspecified atom stereocenters. The zero-order chi connectivity index (χ0) is 55.3. The molecule has 4 aliphatic heterocycles. The quantitative estimate of drug-likeness (QED) is 0.0656. The Hall–Kier alpha value is -6.65. The van der Waals surface area contributed by atoms with Crippen LogP contribution in [-0.2, 0) is 39.8 Å². The van der Waals surface area contributed by atoms with E-state index < -0.39 is 140 Å². The van der Waals surface area contributed by atoms with Crippen molar-refractivity contribution in [3.63, 3.8) is 0 Å². The molecule has 76 heavy (non-hydrogen) atoms. The number of nitrogens with zero attached hydrogens (tertiary/aromatic N) is 3. The van der Waals surface area contributed by atoms with Crippen LogP contribution in [0.3, 0.4) is 0 Å². The van der Waals surface area contributed by atoms with Gasteiger partial charge in [0.2, 0.25) is 18.1 Å². The van der Waals surface area contributed by atoms with Crippen molar-refractivity contribution in [2.24, 2.45) is 5.73 Å². The molecule has 0 bridgehead atoms. The molecule has 418 valence electrons. The third-order valence-corrected chi connectivity index (χ3v) is 12.9. The molecule has 5 amide bonds. The summed E-state index contributed by atoms with van der Waals surface area (Å²) >= 11 is 0. The summed E-state index contributed by atoms with van der Waals surface area (Å²) < 4.78 is 76.5. The average Bonchev–Trinajstić information content (AvgIpc) is 3.65. The van der Waals surface area contributed by atoms with E-state index in [1.807, 2.05) is 4.98 Å². The highest BCUT2D eigenvalue weighted by Crippen LogP contribution is 2.34. The Kier molecular flexibility index (Phi) is 18.1. The Bertz CT molecular complexity index is 2610. The maximum atomic E-state index is 13.7. The summed E-state index contributed by atoms with van der Waals surface area (Å²) in [4.78, 5) is 80.9. The Balaban J connectivity index is 1.01. The second kappa shape index (κ2) is 24.1. The number of amides is 5. The van der Waals surface area contributed by atoms with Crippen molar-refractivity contribution in [3.8, 4) is 11.5 Å². The molecule has 1 aromatic heterocycles. The number of nitrogens with one attached hydrogen (secondary N) is 4. The maximum Gasteiger partial charge on any atom is 0.573 e. The second-order valence-corrected chi connectivity index (χ2v) is 18.1. The van der Waals surface area contributed by atoms with Gasteiger partial charge < -0.3 is 95.5 Å². The van der Waals surface area contributed by atoms with Gasteiger partial charge in [-0.15, -0.1) is 13.2 Å². The van der Waals surface area contributed by atoms with E-state index in [9.17, 15) is 77.7 Å². The van der Waals surface area contributed by atoms with Gasteiger partial charge in [-0.25, -0.2) is 14.4 Å². The standard InChI is InChI=1S/C45H57F3N8O20/c1-19(58)51-27-31(61)30(60)25(18-57)71-39(27)73-40-28(53-42(67)50-17-20-3-5-21(6-4-20)55-14-11-23(12-15-55)70-22-7-9-24(10-8-22)76-45(46,47)48)32(62)35(65)41(74-40)75-44(69)54(2)29(37(49)66)36-33(63)34(64)38(72-36)56-16-13-26(59)52-43(56)68/h3-10,13,16,23,25,27-36,38-41,57,60-65H,11-12,14-15,17-18H2,1-2H3,(H2,49,66)(H,51,58)(H2,50,53,67)(H,52,59,68)/t25-,27-,28+,29?,30+,31-,32+,33+,34?,35?,36+,38+,39+,40-,41+/m0/s1. The van der Waals surface area contributed by atoms with Crippen LogP contribution in [0.1, 0.15) is 31.6 Å². The second-order valence-electron chi connectivity index (χ2n) is 18.1. The number of aliphatic hydroxyl groups is 7. The number of carbonyl (C=O) groups is 4. The summed E-state index contributed by atoms with van der Waals surface area (Å²) in [6.07, 6.45) is -27.8.